The Hall–Kier alpha value is -2.14. The van der Waals surface area contributed by atoms with Crippen molar-refractivity contribution >= 4 is 20.0 Å². The van der Waals surface area contributed by atoms with Crippen LogP contribution in [0.5, 0.6) is 11.5 Å². The average molecular weight is 398 g/mol. The van der Waals surface area contributed by atoms with Gasteiger partial charge in [-0.15, -0.1) is 0 Å². The first kappa shape index (κ1) is 18.6. The lowest BCUT2D eigenvalue weighted by Crippen LogP contribution is -2.41. The lowest BCUT2D eigenvalue weighted by Gasteiger charge is -2.29. The molecular weight excluding hydrogens is 380 g/mol. The van der Waals surface area contributed by atoms with E-state index in [1.807, 2.05) is 6.07 Å². The van der Waals surface area contributed by atoms with E-state index in [9.17, 15) is 16.8 Å². The van der Waals surface area contributed by atoms with Crippen molar-refractivity contribution in [2.45, 2.75) is 15.9 Å². The maximum atomic E-state index is 12.7. The normalized spacial score (nSPS) is 17.3. The van der Waals surface area contributed by atoms with Gasteiger partial charge >= 0.3 is 0 Å². The number of likely N-dealkylation sites (N-methyl/N-ethyl adjacent to an activating group) is 1. The highest BCUT2D eigenvalue weighted by Gasteiger charge is 2.28. The molecule has 0 saturated heterocycles. The van der Waals surface area contributed by atoms with Gasteiger partial charge in [-0.05, 0) is 30.3 Å². The van der Waals surface area contributed by atoms with Crippen molar-refractivity contribution in [3.63, 3.8) is 0 Å². The van der Waals surface area contributed by atoms with Crippen LogP contribution in [0, 0.1) is 0 Å². The van der Waals surface area contributed by atoms with Crippen LogP contribution in [0.15, 0.2) is 58.3 Å². The molecule has 0 spiro atoms. The average Bonchev–Trinajstić information content (AvgIpc) is 2.61. The Morgan fingerprint density at radius 1 is 1.04 bits per heavy atom. The number of nitrogens with zero attached hydrogens (tertiary/aromatic N) is 1. The summed E-state index contributed by atoms with van der Waals surface area (Å²) in [5, 5.41) is 5.07. The lowest BCUT2D eigenvalue weighted by atomic mass is 10.2. The Labute approximate surface area is 152 Å². The molecule has 2 aromatic carbocycles. The van der Waals surface area contributed by atoms with Gasteiger partial charge in [-0.25, -0.2) is 22.0 Å². The Kier molecular flexibility index (Phi) is 4.93. The molecule has 0 saturated carbocycles. The summed E-state index contributed by atoms with van der Waals surface area (Å²) in [7, 11) is -6.53. The number of para-hydroxylation sites is 2. The van der Waals surface area contributed by atoms with Gasteiger partial charge in [0.05, 0.1) is 16.3 Å². The van der Waals surface area contributed by atoms with Crippen molar-refractivity contribution in [3.05, 3.63) is 48.5 Å². The van der Waals surface area contributed by atoms with Crippen LogP contribution >= 0.6 is 0 Å². The molecule has 0 radical (unpaired) electrons. The fraction of sp³-hybridized carbons (Fsp3) is 0.250. The van der Waals surface area contributed by atoms with Crippen LogP contribution in [0.25, 0.3) is 0 Å². The van der Waals surface area contributed by atoms with Crippen molar-refractivity contribution < 1.29 is 26.3 Å². The van der Waals surface area contributed by atoms with Gasteiger partial charge in [0.2, 0.25) is 20.0 Å². The molecule has 1 atom stereocenters. The minimum absolute atomic E-state index is 0.0380. The standard InChI is InChI=1S/C16H18N2O6S2/c1-18(10-12-11-23-15-7-2-3-8-16(15)24-12)26(21,22)14-6-4-5-13(9-14)25(17,19)20/h2-9,12H,10-11H2,1H3,(H2,17,19,20). The van der Waals surface area contributed by atoms with Crippen molar-refractivity contribution in [3.8, 4) is 11.5 Å². The van der Waals surface area contributed by atoms with E-state index in [1.54, 1.807) is 18.2 Å². The maximum Gasteiger partial charge on any atom is 0.242 e. The zero-order valence-corrected chi connectivity index (χ0v) is 15.5. The monoisotopic (exact) mass is 398 g/mol. The third-order valence-electron chi connectivity index (χ3n) is 3.87. The van der Waals surface area contributed by atoms with Crippen LogP contribution in [0.2, 0.25) is 0 Å². The molecule has 0 aliphatic carbocycles. The Balaban J connectivity index is 1.78. The number of hydrogen-bond acceptors (Lipinski definition) is 6. The molecule has 1 aliphatic rings. The maximum absolute atomic E-state index is 12.7. The molecule has 1 aliphatic heterocycles. The number of hydrogen-bond donors (Lipinski definition) is 1. The summed E-state index contributed by atoms with van der Waals surface area (Å²) < 4.78 is 60.8. The van der Waals surface area contributed by atoms with Gasteiger partial charge < -0.3 is 9.47 Å². The molecule has 0 aromatic heterocycles. The summed E-state index contributed by atoms with van der Waals surface area (Å²) in [4.78, 5) is -0.429. The first-order chi connectivity index (χ1) is 12.2. The molecule has 1 unspecified atom stereocenters. The summed E-state index contributed by atoms with van der Waals surface area (Å²) in [5.74, 6) is 1.15. The van der Waals surface area contributed by atoms with Crippen LogP contribution in [0.4, 0.5) is 0 Å². The minimum Gasteiger partial charge on any atom is -0.486 e. The van der Waals surface area contributed by atoms with E-state index in [4.69, 9.17) is 14.6 Å². The van der Waals surface area contributed by atoms with Crippen molar-refractivity contribution in [2.75, 3.05) is 20.2 Å². The molecule has 140 valence electrons. The highest BCUT2D eigenvalue weighted by atomic mass is 32.2. The first-order valence-corrected chi connectivity index (χ1v) is 10.6. The third-order valence-corrected chi connectivity index (χ3v) is 6.60. The molecule has 2 aromatic rings. The van der Waals surface area contributed by atoms with Crippen LogP contribution < -0.4 is 14.6 Å². The van der Waals surface area contributed by atoms with Gasteiger partial charge in [-0.3, -0.25) is 0 Å². The quantitative estimate of drug-likeness (QED) is 0.796. The van der Waals surface area contributed by atoms with E-state index in [0.717, 1.165) is 10.4 Å². The molecule has 0 fully saturated rings. The summed E-state index contributed by atoms with van der Waals surface area (Å²) in [6, 6.07) is 12.0. The topological polar surface area (TPSA) is 116 Å². The van der Waals surface area contributed by atoms with Gasteiger partial charge in [-0.1, -0.05) is 18.2 Å². The number of primary sulfonamides is 1. The van der Waals surface area contributed by atoms with Crippen LogP contribution in [-0.2, 0) is 20.0 Å². The Bertz CT molecular complexity index is 1020. The molecule has 0 amide bonds. The predicted octanol–water partition coefficient (Wildman–Crippen LogP) is 0.795. The molecule has 8 nitrogen and oxygen atoms in total. The predicted molar refractivity (Wildman–Crippen MR) is 94.0 cm³/mol. The van der Waals surface area contributed by atoms with E-state index in [-0.39, 0.29) is 22.9 Å². The summed E-state index contributed by atoms with van der Waals surface area (Å²) in [6.07, 6.45) is -0.494. The second kappa shape index (κ2) is 6.88. The van der Waals surface area contributed by atoms with E-state index >= 15 is 0 Å². The number of benzene rings is 2. The largest absolute Gasteiger partial charge is 0.486 e. The smallest absolute Gasteiger partial charge is 0.242 e. The number of ether oxygens (including phenoxy) is 2. The Morgan fingerprint density at radius 2 is 1.69 bits per heavy atom. The van der Waals surface area contributed by atoms with E-state index in [1.165, 1.54) is 25.2 Å². The molecule has 10 heteroatoms. The van der Waals surface area contributed by atoms with E-state index < -0.39 is 26.2 Å². The van der Waals surface area contributed by atoms with Gasteiger partial charge in [-0.2, -0.15) is 4.31 Å². The van der Waals surface area contributed by atoms with E-state index in [2.05, 4.69) is 0 Å². The molecule has 3 rings (SSSR count). The first-order valence-electron chi connectivity index (χ1n) is 7.65. The fourth-order valence-electron chi connectivity index (χ4n) is 2.53. The number of nitrogens with two attached hydrogens (primary N) is 1. The number of sulfonamides is 2. The van der Waals surface area contributed by atoms with Crippen molar-refractivity contribution in [2.24, 2.45) is 5.14 Å². The molecule has 1 heterocycles. The highest BCUT2D eigenvalue weighted by Crippen LogP contribution is 2.31. The van der Waals surface area contributed by atoms with Gasteiger partial charge in [0.1, 0.15) is 12.7 Å². The van der Waals surface area contributed by atoms with Gasteiger partial charge in [0.15, 0.2) is 11.5 Å². The second-order valence-corrected chi connectivity index (χ2v) is 9.41. The van der Waals surface area contributed by atoms with Crippen LogP contribution in [-0.4, -0.2) is 47.4 Å². The summed E-state index contributed by atoms with van der Waals surface area (Å²) in [5.41, 5.74) is 0. The molecule has 2 N–H and O–H groups in total. The lowest BCUT2D eigenvalue weighted by molar-refractivity contribution is 0.0798. The highest BCUT2D eigenvalue weighted by molar-refractivity contribution is 7.90. The summed E-state index contributed by atoms with van der Waals surface area (Å²) in [6.45, 7) is 0.240. The zero-order valence-electron chi connectivity index (χ0n) is 13.9. The summed E-state index contributed by atoms with van der Waals surface area (Å²) >= 11 is 0. The van der Waals surface area contributed by atoms with Gasteiger partial charge in [0, 0.05) is 7.05 Å². The van der Waals surface area contributed by atoms with Crippen LogP contribution in [0.3, 0.4) is 0 Å². The third kappa shape index (κ3) is 3.83. The fourth-order valence-corrected chi connectivity index (χ4v) is 4.41. The van der Waals surface area contributed by atoms with E-state index in [0.29, 0.717) is 11.5 Å². The van der Waals surface area contributed by atoms with Gasteiger partial charge in [0.25, 0.3) is 0 Å². The van der Waals surface area contributed by atoms with Crippen molar-refractivity contribution in [1.29, 1.82) is 0 Å². The molecule has 26 heavy (non-hydrogen) atoms. The number of rotatable bonds is 5. The number of fused-ring (bicyclic) bond motifs is 1. The molecular formula is C16H18N2O6S2. The molecule has 0 bridgehead atoms. The zero-order chi connectivity index (χ0) is 18.9. The van der Waals surface area contributed by atoms with Crippen LogP contribution in [0.1, 0.15) is 0 Å². The second-order valence-electron chi connectivity index (χ2n) is 5.80. The minimum atomic E-state index is -4.00. The SMILES string of the molecule is CN(CC1COc2ccccc2O1)S(=O)(=O)c1cccc(S(N)(=O)=O)c1. The Morgan fingerprint density at radius 3 is 2.38 bits per heavy atom. The van der Waals surface area contributed by atoms with Crippen molar-refractivity contribution in [1.82, 2.24) is 4.31 Å².